The molecule has 0 spiro atoms. The van der Waals surface area contributed by atoms with E-state index in [0.717, 1.165) is 25.2 Å². The third-order valence-corrected chi connectivity index (χ3v) is 5.11. The van der Waals surface area contributed by atoms with Crippen LogP contribution in [0.4, 0.5) is 0 Å². The predicted octanol–water partition coefficient (Wildman–Crippen LogP) is 3.28. The van der Waals surface area contributed by atoms with Gasteiger partial charge in [-0.3, -0.25) is 9.69 Å². The van der Waals surface area contributed by atoms with Gasteiger partial charge >= 0.3 is 0 Å². The van der Waals surface area contributed by atoms with E-state index in [1.807, 2.05) is 59.5 Å². The summed E-state index contributed by atoms with van der Waals surface area (Å²) in [6, 6.07) is 16.9. The molecule has 1 unspecified atom stereocenters. The van der Waals surface area contributed by atoms with Crippen LogP contribution in [0, 0.1) is 0 Å². The van der Waals surface area contributed by atoms with Crippen LogP contribution in [0.2, 0.25) is 5.02 Å². The van der Waals surface area contributed by atoms with Gasteiger partial charge in [-0.2, -0.15) is 0 Å². The standard InChI is InChI=1S/C21H26ClN3O2.2ClH/c22-18-8-4-5-9-20(18)27-15-14-24-10-12-25(13-11-24)21(26)19(23)16-17-6-2-1-3-7-17;;/h1-9,19H,10-16,23H2;2*1H. The smallest absolute Gasteiger partial charge is 0.239 e. The Balaban J connectivity index is 0.00000210. The highest BCUT2D eigenvalue weighted by molar-refractivity contribution is 6.32. The Kier molecular flexibility index (Phi) is 11.4. The monoisotopic (exact) mass is 459 g/mol. The molecule has 8 heteroatoms. The molecule has 0 radical (unpaired) electrons. The molecule has 1 amide bonds. The average Bonchev–Trinajstić information content (AvgIpc) is 2.70. The average molecular weight is 461 g/mol. The van der Waals surface area contributed by atoms with Crippen molar-refractivity contribution in [3.05, 3.63) is 65.2 Å². The maximum absolute atomic E-state index is 12.6. The Labute approximate surface area is 190 Å². The molecule has 1 fully saturated rings. The zero-order chi connectivity index (χ0) is 19.1. The van der Waals surface area contributed by atoms with Crippen LogP contribution in [0.1, 0.15) is 5.56 Å². The van der Waals surface area contributed by atoms with Gasteiger partial charge in [-0.15, -0.1) is 24.8 Å². The molecule has 2 N–H and O–H groups in total. The molecule has 29 heavy (non-hydrogen) atoms. The fraction of sp³-hybridized carbons (Fsp3) is 0.381. The van der Waals surface area contributed by atoms with Gasteiger partial charge in [0.15, 0.2) is 0 Å². The molecule has 0 aromatic heterocycles. The van der Waals surface area contributed by atoms with E-state index >= 15 is 0 Å². The molecular formula is C21H28Cl3N3O2. The number of benzene rings is 2. The van der Waals surface area contributed by atoms with Crippen LogP contribution in [-0.4, -0.2) is 61.1 Å². The van der Waals surface area contributed by atoms with Crippen molar-refractivity contribution >= 4 is 42.3 Å². The Morgan fingerprint density at radius 2 is 1.62 bits per heavy atom. The number of piperazine rings is 1. The molecule has 1 aliphatic heterocycles. The SMILES string of the molecule is Cl.Cl.NC(Cc1ccccc1)C(=O)N1CCN(CCOc2ccccc2Cl)CC1. The summed E-state index contributed by atoms with van der Waals surface area (Å²) in [5, 5.41) is 0.625. The number of ether oxygens (including phenoxy) is 1. The number of para-hydroxylation sites is 1. The van der Waals surface area contributed by atoms with E-state index in [1.54, 1.807) is 0 Å². The lowest BCUT2D eigenvalue weighted by Crippen LogP contribution is -2.54. The van der Waals surface area contributed by atoms with Crippen LogP contribution in [0.15, 0.2) is 54.6 Å². The predicted molar refractivity (Wildman–Crippen MR) is 123 cm³/mol. The third kappa shape index (κ3) is 7.68. The van der Waals surface area contributed by atoms with Gasteiger partial charge in [0.25, 0.3) is 0 Å². The highest BCUT2D eigenvalue weighted by Crippen LogP contribution is 2.22. The summed E-state index contributed by atoms with van der Waals surface area (Å²) in [4.78, 5) is 16.8. The molecule has 1 heterocycles. The van der Waals surface area contributed by atoms with Crippen LogP contribution < -0.4 is 10.5 Å². The summed E-state index contributed by atoms with van der Waals surface area (Å²) < 4.78 is 5.74. The van der Waals surface area contributed by atoms with Gasteiger partial charge in [0, 0.05) is 32.7 Å². The van der Waals surface area contributed by atoms with Gasteiger partial charge in [-0.25, -0.2) is 0 Å². The van der Waals surface area contributed by atoms with Crippen molar-refractivity contribution in [2.45, 2.75) is 12.5 Å². The molecule has 5 nitrogen and oxygen atoms in total. The molecular weight excluding hydrogens is 433 g/mol. The Hall–Kier alpha value is -1.50. The van der Waals surface area contributed by atoms with E-state index in [-0.39, 0.29) is 30.7 Å². The van der Waals surface area contributed by atoms with Crippen LogP contribution >= 0.6 is 36.4 Å². The lowest BCUT2D eigenvalue weighted by Gasteiger charge is -2.35. The van der Waals surface area contributed by atoms with Crippen molar-refractivity contribution < 1.29 is 9.53 Å². The van der Waals surface area contributed by atoms with Crippen molar-refractivity contribution in [2.24, 2.45) is 5.73 Å². The summed E-state index contributed by atoms with van der Waals surface area (Å²) in [5.74, 6) is 0.741. The fourth-order valence-electron chi connectivity index (χ4n) is 3.23. The van der Waals surface area contributed by atoms with Gasteiger partial charge in [0.2, 0.25) is 5.91 Å². The number of halogens is 3. The number of carbonyl (C=O) groups is 1. The second-order valence-electron chi connectivity index (χ2n) is 6.74. The van der Waals surface area contributed by atoms with Crippen molar-refractivity contribution in [1.29, 1.82) is 0 Å². The van der Waals surface area contributed by atoms with Gasteiger partial charge in [0.05, 0.1) is 11.1 Å². The van der Waals surface area contributed by atoms with E-state index in [4.69, 9.17) is 22.1 Å². The second kappa shape index (κ2) is 12.9. The summed E-state index contributed by atoms with van der Waals surface area (Å²) in [5.41, 5.74) is 7.23. The molecule has 2 aromatic carbocycles. The number of rotatable bonds is 7. The van der Waals surface area contributed by atoms with Gasteiger partial charge in [-0.05, 0) is 24.1 Å². The van der Waals surface area contributed by atoms with Crippen molar-refractivity contribution in [2.75, 3.05) is 39.3 Å². The number of hydrogen-bond donors (Lipinski definition) is 1. The van der Waals surface area contributed by atoms with E-state index in [0.29, 0.717) is 36.9 Å². The lowest BCUT2D eigenvalue weighted by molar-refractivity contribution is -0.134. The number of amides is 1. The molecule has 1 atom stereocenters. The molecule has 1 saturated heterocycles. The number of nitrogens with zero attached hydrogens (tertiary/aromatic N) is 2. The molecule has 0 saturated carbocycles. The van der Waals surface area contributed by atoms with Gasteiger partial charge in [0.1, 0.15) is 12.4 Å². The normalized spacial score (nSPS) is 15.0. The highest BCUT2D eigenvalue weighted by atomic mass is 35.5. The molecule has 160 valence electrons. The van der Waals surface area contributed by atoms with E-state index in [1.165, 1.54) is 0 Å². The van der Waals surface area contributed by atoms with Gasteiger partial charge < -0.3 is 15.4 Å². The Morgan fingerprint density at radius 1 is 1.00 bits per heavy atom. The molecule has 0 aliphatic carbocycles. The first-order chi connectivity index (χ1) is 13.1. The highest BCUT2D eigenvalue weighted by Gasteiger charge is 2.25. The quantitative estimate of drug-likeness (QED) is 0.689. The summed E-state index contributed by atoms with van der Waals surface area (Å²) >= 11 is 6.09. The Morgan fingerprint density at radius 3 is 2.28 bits per heavy atom. The van der Waals surface area contributed by atoms with Crippen LogP contribution in [0.5, 0.6) is 5.75 Å². The lowest BCUT2D eigenvalue weighted by atomic mass is 10.1. The van der Waals surface area contributed by atoms with E-state index in [9.17, 15) is 4.79 Å². The van der Waals surface area contributed by atoms with Crippen LogP contribution in [0.25, 0.3) is 0 Å². The first kappa shape index (κ1) is 25.5. The maximum atomic E-state index is 12.6. The molecule has 2 aromatic rings. The van der Waals surface area contributed by atoms with E-state index < -0.39 is 6.04 Å². The summed E-state index contributed by atoms with van der Waals surface area (Å²) in [6.45, 7) is 4.45. The molecule has 1 aliphatic rings. The van der Waals surface area contributed by atoms with E-state index in [2.05, 4.69) is 4.90 Å². The van der Waals surface area contributed by atoms with Crippen molar-refractivity contribution in [3.8, 4) is 5.75 Å². The zero-order valence-electron chi connectivity index (χ0n) is 16.2. The largest absolute Gasteiger partial charge is 0.491 e. The zero-order valence-corrected chi connectivity index (χ0v) is 18.6. The Bertz CT molecular complexity index is 741. The minimum absolute atomic E-state index is 0. The first-order valence-electron chi connectivity index (χ1n) is 9.31. The number of nitrogens with two attached hydrogens (primary N) is 1. The molecule has 0 bridgehead atoms. The third-order valence-electron chi connectivity index (χ3n) is 4.80. The minimum atomic E-state index is -0.484. The molecule has 3 rings (SSSR count). The topological polar surface area (TPSA) is 58.8 Å². The summed E-state index contributed by atoms with van der Waals surface area (Å²) in [6.07, 6.45) is 0.575. The minimum Gasteiger partial charge on any atom is -0.491 e. The number of hydrogen-bond acceptors (Lipinski definition) is 4. The van der Waals surface area contributed by atoms with Gasteiger partial charge in [-0.1, -0.05) is 54.1 Å². The maximum Gasteiger partial charge on any atom is 0.239 e. The van der Waals surface area contributed by atoms with Crippen molar-refractivity contribution in [3.63, 3.8) is 0 Å². The van der Waals surface area contributed by atoms with Crippen LogP contribution in [0.3, 0.4) is 0 Å². The summed E-state index contributed by atoms with van der Waals surface area (Å²) in [7, 11) is 0. The number of carbonyl (C=O) groups excluding carboxylic acids is 1. The second-order valence-corrected chi connectivity index (χ2v) is 7.15. The fourth-order valence-corrected chi connectivity index (χ4v) is 3.42. The first-order valence-corrected chi connectivity index (χ1v) is 9.69. The van der Waals surface area contributed by atoms with Crippen molar-refractivity contribution in [1.82, 2.24) is 9.80 Å². The van der Waals surface area contributed by atoms with Crippen LogP contribution in [-0.2, 0) is 11.2 Å².